The van der Waals surface area contributed by atoms with E-state index >= 15 is 0 Å². The zero-order valence-corrected chi connectivity index (χ0v) is 11.7. The van der Waals surface area contributed by atoms with Gasteiger partial charge >= 0.3 is 0 Å². The van der Waals surface area contributed by atoms with E-state index in [1.54, 1.807) is 12.5 Å². The van der Waals surface area contributed by atoms with E-state index < -0.39 is 0 Å². The van der Waals surface area contributed by atoms with Gasteiger partial charge in [0.1, 0.15) is 17.6 Å². The van der Waals surface area contributed by atoms with Crippen molar-refractivity contribution in [3.63, 3.8) is 0 Å². The lowest BCUT2D eigenvalue weighted by atomic mass is 10.2. The van der Waals surface area contributed by atoms with Crippen LogP contribution in [-0.4, -0.2) is 9.55 Å². The molecule has 4 nitrogen and oxygen atoms in total. The Morgan fingerprint density at radius 3 is 2.85 bits per heavy atom. The predicted octanol–water partition coefficient (Wildman–Crippen LogP) is 3.87. The number of halogens is 1. The Balaban J connectivity index is 1.97. The van der Waals surface area contributed by atoms with Crippen LogP contribution in [0.3, 0.4) is 0 Å². The standard InChI is InChI=1S/C15H14ClN3O/c1-19-8-7-17-15(19)14(13-6-3-9-20-13)18-12-5-2-4-11(16)10-12/h2-10,14,18H,1H3. The third-order valence-electron chi connectivity index (χ3n) is 3.08. The fraction of sp³-hybridized carbons (Fsp3) is 0.133. The summed E-state index contributed by atoms with van der Waals surface area (Å²) >= 11 is 6.03. The van der Waals surface area contributed by atoms with E-state index in [0.717, 1.165) is 17.3 Å². The number of imidazole rings is 1. The van der Waals surface area contributed by atoms with Crippen LogP contribution in [0.15, 0.2) is 59.5 Å². The molecular formula is C15H14ClN3O. The summed E-state index contributed by atoms with van der Waals surface area (Å²) in [5, 5.41) is 4.09. The first-order valence-corrected chi connectivity index (χ1v) is 6.64. The van der Waals surface area contributed by atoms with Crippen molar-refractivity contribution in [2.24, 2.45) is 7.05 Å². The Morgan fingerprint density at radius 2 is 2.20 bits per heavy atom. The molecule has 2 heterocycles. The van der Waals surface area contributed by atoms with Crippen molar-refractivity contribution in [3.05, 3.63) is 71.7 Å². The molecule has 1 unspecified atom stereocenters. The molecule has 0 amide bonds. The van der Waals surface area contributed by atoms with Crippen molar-refractivity contribution < 1.29 is 4.42 Å². The molecule has 0 saturated heterocycles. The molecule has 102 valence electrons. The molecule has 0 saturated carbocycles. The molecule has 3 rings (SSSR count). The van der Waals surface area contributed by atoms with E-state index in [0.29, 0.717) is 5.02 Å². The van der Waals surface area contributed by atoms with Gasteiger partial charge in [0.05, 0.1) is 6.26 Å². The van der Waals surface area contributed by atoms with Gasteiger partial charge in [0, 0.05) is 30.2 Å². The molecule has 20 heavy (non-hydrogen) atoms. The van der Waals surface area contributed by atoms with Crippen LogP contribution in [0.2, 0.25) is 5.02 Å². The van der Waals surface area contributed by atoms with Gasteiger partial charge in [-0.05, 0) is 30.3 Å². The number of aryl methyl sites for hydroxylation is 1. The Kier molecular flexibility index (Phi) is 3.48. The number of nitrogens with zero attached hydrogens (tertiary/aromatic N) is 2. The average molecular weight is 288 g/mol. The van der Waals surface area contributed by atoms with Crippen LogP contribution in [0.1, 0.15) is 17.6 Å². The van der Waals surface area contributed by atoms with Gasteiger partial charge in [0.25, 0.3) is 0 Å². The molecule has 1 aromatic carbocycles. The van der Waals surface area contributed by atoms with Gasteiger partial charge in [-0.15, -0.1) is 0 Å². The van der Waals surface area contributed by atoms with E-state index in [2.05, 4.69) is 10.3 Å². The van der Waals surface area contributed by atoms with E-state index in [1.165, 1.54) is 0 Å². The van der Waals surface area contributed by atoms with Gasteiger partial charge in [-0.2, -0.15) is 0 Å². The number of furan rings is 1. The molecule has 0 bridgehead atoms. The number of aromatic nitrogens is 2. The molecule has 2 aromatic heterocycles. The van der Waals surface area contributed by atoms with Gasteiger partial charge in [-0.25, -0.2) is 4.98 Å². The molecule has 0 aliphatic heterocycles. The summed E-state index contributed by atoms with van der Waals surface area (Å²) in [6.07, 6.45) is 5.33. The molecule has 0 fully saturated rings. The van der Waals surface area contributed by atoms with E-state index in [9.17, 15) is 0 Å². The molecule has 1 atom stereocenters. The Morgan fingerprint density at radius 1 is 1.30 bits per heavy atom. The summed E-state index contributed by atoms with van der Waals surface area (Å²) in [4.78, 5) is 4.40. The van der Waals surface area contributed by atoms with E-state index in [1.807, 2.05) is 54.2 Å². The SMILES string of the molecule is Cn1ccnc1C(Nc1cccc(Cl)c1)c1ccco1. The fourth-order valence-corrected chi connectivity index (χ4v) is 2.31. The van der Waals surface area contributed by atoms with Crippen LogP contribution in [0.5, 0.6) is 0 Å². The highest BCUT2D eigenvalue weighted by Gasteiger charge is 2.20. The summed E-state index contributed by atoms with van der Waals surface area (Å²) in [5.74, 6) is 1.68. The van der Waals surface area contributed by atoms with Crippen molar-refractivity contribution in [2.75, 3.05) is 5.32 Å². The van der Waals surface area contributed by atoms with E-state index in [-0.39, 0.29) is 6.04 Å². The van der Waals surface area contributed by atoms with Gasteiger partial charge < -0.3 is 14.3 Å². The smallest absolute Gasteiger partial charge is 0.143 e. The number of nitrogens with one attached hydrogen (secondary N) is 1. The van der Waals surface area contributed by atoms with Gasteiger partial charge in [-0.1, -0.05) is 17.7 Å². The first-order chi connectivity index (χ1) is 9.74. The van der Waals surface area contributed by atoms with Crippen LogP contribution >= 0.6 is 11.6 Å². The maximum Gasteiger partial charge on any atom is 0.143 e. The van der Waals surface area contributed by atoms with Gasteiger partial charge in [0.2, 0.25) is 0 Å². The highest BCUT2D eigenvalue weighted by atomic mass is 35.5. The van der Waals surface area contributed by atoms with Crippen molar-refractivity contribution in [3.8, 4) is 0 Å². The summed E-state index contributed by atoms with van der Waals surface area (Å²) in [6, 6.07) is 11.2. The molecule has 5 heteroatoms. The Bertz CT molecular complexity index is 691. The Hall–Kier alpha value is -2.20. The monoisotopic (exact) mass is 287 g/mol. The van der Waals surface area contributed by atoms with Crippen LogP contribution < -0.4 is 5.32 Å². The van der Waals surface area contributed by atoms with Crippen molar-refractivity contribution >= 4 is 17.3 Å². The zero-order valence-electron chi connectivity index (χ0n) is 11.0. The first kappa shape index (κ1) is 12.8. The largest absolute Gasteiger partial charge is 0.467 e. The number of hydrogen-bond acceptors (Lipinski definition) is 3. The lowest BCUT2D eigenvalue weighted by Crippen LogP contribution is -2.16. The minimum Gasteiger partial charge on any atom is -0.467 e. The molecule has 0 aliphatic rings. The number of hydrogen-bond donors (Lipinski definition) is 1. The minimum absolute atomic E-state index is 0.163. The van der Waals surface area contributed by atoms with Crippen molar-refractivity contribution in [1.29, 1.82) is 0 Å². The minimum atomic E-state index is -0.163. The summed E-state index contributed by atoms with van der Waals surface area (Å²) in [6.45, 7) is 0. The zero-order chi connectivity index (χ0) is 13.9. The summed E-state index contributed by atoms with van der Waals surface area (Å²) < 4.78 is 7.49. The second-order valence-corrected chi connectivity index (χ2v) is 4.94. The van der Waals surface area contributed by atoms with E-state index in [4.69, 9.17) is 16.0 Å². The maximum absolute atomic E-state index is 6.03. The summed E-state index contributed by atoms with van der Waals surface area (Å²) in [5.41, 5.74) is 0.918. The second-order valence-electron chi connectivity index (χ2n) is 4.50. The highest BCUT2D eigenvalue weighted by Crippen LogP contribution is 2.26. The third kappa shape index (κ3) is 2.56. The molecule has 3 aromatic rings. The quantitative estimate of drug-likeness (QED) is 0.792. The fourth-order valence-electron chi connectivity index (χ4n) is 2.12. The van der Waals surface area contributed by atoms with Crippen molar-refractivity contribution in [2.45, 2.75) is 6.04 Å². The number of anilines is 1. The lowest BCUT2D eigenvalue weighted by Gasteiger charge is -2.18. The van der Waals surface area contributed by atoms with Gasteiger partial charge in [0.15, 0.2) is 0 Å². The van der Waals surface area contributed by atoms with Crippen LogP contribution in [0, 0.1) is 0 Å². The molecule has 1 N–H and O–H groups in total. The summed E-state index contributed by atoms with van der Waals surface area (Å²) in [7, 11) is 1.96. The molecular weight excluding hydrogens is 274 g/mol. The average Bonchev–Trinajstić information content (AvgIpc) is 3.07. The number of benzene rings is 1. The lowest BCUT2D eigenvalue weighted by molar-refractivity contribution is 0.488. The highest BCUT2D eigenvalue weighted by molar-refractivity contribution is 6.30. The van der Waals surface area contributed by atoms with Gasteiger partial charge in [-0.3, -0.25) is 0 Å². The molecule has 0 spiro atoms. The maximum atomic E-state index is 6.03. The topological polar surface area (TPSA) is 43.0 Å². The first-order valence-electron chi connectivity index (χ1n) is 6.27. The van der Waals surface area contributed by atoms with Crippen molar-refractivity contribution in [1.82, 2.24) is 9.55 Å². The Labute approximate surface area is 122 Å². The number of rotatable bonds is 4. The molecule has 0 radical (unpaired) electrons. The predicted molar refractivity (Wildman–Crippen MR) is 78.8 cm³/mol. The second kappa shape index (κ2) is 5.43. The molecule has 0 aliphatic carbocycles. The normalized spacial score (nSPS) is 12.3. The van der Waals surface area contributed by atoms with Crippen LogP contribution in [0.25, 0.3) is 0 Å². The van der Waals surface area contributed by atoms with Crippen LogP contribution in [-0.2, 0) is 7.05 Å². The third-order valence-corrected chi connectivity index (χ3v) is 3.32. The van der Waals surface area contributed by atoms with Crippen LogP contribution in [0.4, 0.5) is 5.69 Å².